The molecule has 4 heterocycles. The second-order valence-electron chi connectivity index (χ2n) is 23.8. The lowest BCUT2D eigenvalue weighted by molar-refractivity contribution is -0.385. The number of aliphatic hydroxyl groups is 1. The van der Waals surface area contributed by atoms with Crippen molar-refractivity contribution in [3.05, 3.63) is 187 Å². The molecule has 580 valence electrons. The summed E-state index contributed by atoms with van der Waals surface area (Å²) in [7, 11) is 9.29. The summed E-state index contributed by atoms with van der Waals surface area (Å²) in [6.07, 6.45) is -5.54. The molecule has 0 radical (unpaired) electrons. The standard InChI is InChI=1S/C21H26N2O2.C13H16F3N3O2.C13H18F3N3.C7H3ClF3NO2.C7H5ClO2.C6H14N2.CH4O.18H2/c1-16-14-17(15-21(24)25-19-6-4-3-5-7-19)8-9-20(16)22-18-10-12-23(2)13-11-18;1-18-6-4-9(5-7-18)17-12-3-2-10(19(20)21)8-11(12)13(14,15)16;1-19-6-4-10(5-7-19)18-12-3-2-9(17)8-11(12)13(14,15)16;8-6-2-1-4(12(13)14)3-5(6)7(9,10)11;8-7(9)10-6-4-2-1-3-5-6;1-8-4-2-6(7)3-5-8;1-2;;;;;;;;;;;;;;;;;;/h3-9,14,18,22H,10-13,15H2,1-2H3;2-3,8-9,17H,4-7H2,1H3;2-3,8,10,18H,4-7,17H2,1H3;1-3H;1-5H;6H,2-5,7H2,1H3;2H,1H3;18*1H/i;;;;;;;17*1+1D;1+1. The summed E-state index contributed by atoms with van der Waals surface area (Å²) in [6.45, 7) is 10.1. The van der Waals surface area contributed by atoms with Crippen LogP contribution in [0.4, 0.5) is 78.4 Å². The summed E-state index contributed by atoms with van der Waals surface area (Å²) < 4.78 is 294. The van der Waals surface area contributed by atoms with Crippen LogP contribution in [0.5, 0.6) is 11.5 Å². The zero-order valence-electron chi connectivity index (χ0n) is 89.7. The molecule has 6 aromatic carbocycles. The molecule has 0 spiro atoms. The summed E-state index contributed by atoms with van der Waals surface area (Å²) in [5.41, 5.74) is 9.69. The number of nitro benzene ring substituents is 2. The highest BCUT2D eigenvalue weighted by Crippen LogP contribution is 2.40. The third kappa shape index (κ3) is 31.0. The largest absolute Gasteiger partial charge is 0.426 e. The Balaban J connectivity index is -0.0000000928. The van der Waals surface area contributed by atoms with Crippen LogP contribution in [0.1, 0.15) is 131 Å². The minimum atomic E-state index is -4.68. The van der Waals surface area contributed by atoms with E-state index in [1.54, 1.807) is 36.4 Å². The first-order valence-electron chi connectivity index (χ1n) is 48.5. The fourth-order valence-corrected chi connectivity index (χ4v) is 10.6. The number of carbonyl (C=O) groups excluding carboxylic acids is 2. The minimum Gasteiger partial charge on any atom is -0.426 e. The number of para-hydroxylation sites is 2. The molecule has 31 heteroatoms. The van der Waals surface area contributed by atoms with Crippen molar-refractivity contribution in [3.63, 3.8) is 0 Å². The summed E-state index contributed by atoms with van der Waals surface area (Å²) in [5.74, 6) is 0.814. The Morgan fingerprint density at radius 3 is 1.28 bits per heavy atom. The molecule has 20 nitrogen and oxygen atoms in total. The highest BCUT2D eigenvalue weighted by molar-refractivity contribution is 6.61. The van der Waals surface area contributed by atoms with Crippen molar-refractivity contribution in [1.29, 1.82) is 0 Å². The first-order valence-corrected chi connectivity index (χ1v) is 32.2. The number of nitro groups is 2. The molecule has 8 N–H and O–H groups in total. The van der Waals surface area contributed by atoms with Gasteiger partial charge in [0.15, 0.2) is 0 Å². The number of likely N-dealkylation sites (tertiary alicyclic amines) is 4. The normalized spacial score (nSPS) is 17.4. The molecular formula is C68H122Cl2F9N11O9. The zero-order chi connectivity index (χ0) is 108. The van der Waals surface area contributed by atoms with E-state index in [9.17, 15) is 69.3 Å². The van der Waals surface area contributed by atoms with Gasteiger partial charge in [-0.2, -0.15) is 39.5 Å². The van der Waals surface area contributed by atoms with Crippen molar-refractivity contribution in [2.45, 2.75) is 107 Å². The number of halogens is 11. The Kier molecular flexibility index (Phi) is 24.7. The number of non-ortho nitro benzene ring substituents is 2. The van der Waals surface area contributed by atoms with Crippen LogP contribution < -0.4 is 36.9 Å². The number of nitrogens with zero attached hydrogens (tertiary/aromatic N) is 6. The molecule has 10 rings (SSSR count). The topological polar surface area (TPSA) is 260 Å². The van der Waals surface area contributed by atoms with Crippen LogP contribution in [0.15, 0.2) is 133 Å². The van der Waals surface area contributed by atoms with Gasteiger partial charge in [-0.1, -0.05) is 60.1 Å². The smallest absolute Gasteiger partial charge is 0.418 e. The predicted octanol–water partition coefficient (Wildman–Crippen LogP) is 19.3. The molecule has 0 aliphatic carbocycles. The van der Waals surface area contributed by atoms with Crippen molar-refractivity contribution >= 4 is 68.7 Å². The molecule has 4 saturated heterocycles. The van der Waals surface area contributed by atoms with Gasteiger partial charge >= 0.3 is 29.9 Å². The van der Waals surface area contributed by atoms with Crippen LogP contribution in [0.25, 0.3) is 0 Å². The molecule has 0 atom stereocenters. The van der Waals surface area contributed by atoms with Crippen molar-refractivity contribution in [2.24, 2.45) is 5.73 Å². The maximum absolute atomic E-state index is 13.0. The van der Waals surface area contributed by atoms with E-state index in [1.807, 2.05) is 44.4 Å². The Hall–Kier alpha value is -8.03. The van der Waals surface area contributed by atoms with Crippen molar-refractivity contribution < 1.29 is 125 Å². The number of piperidine rings is 4. The third-order valence-corrected chi connectivity index (χ3v) is 16.3. The van der Waals surface area contributed by atoms with Gasteiger partial charge in [-0.3, -0.25) is 25.0 Å². The first-order chi connectivity index (χ1) is 63.6. The van der Waals surface area contributed by atoms with Gasteiger partial charge in [0.05, 0.1) is 38.0 Å². The highest BCUT2D eigenvalue weighted by Gasteiger charge is 2.37. The number of carbonyl (C=O) groups is 2. The van der Waals surface area contributed by atoms with E-state index >= 15 is 0 Å². The zero-order valence-corrected chi connectivity index (χ0v) is 57.3. The van der Waals surface area contributed by atoms with Gasteiger partial charge in [0.2, 0.25) is 0 Å². The summed E-state index contributed by atoms with van der Waals surface area (Å²) in [4.78, 5) is 50.3. The Morgan fingerprint density at radius 1 is 0.545 bits per heavy atom. The summed E-state index contributed by atoms with van der Waals surface area (Å²) >= 11 is 10.2. The molecule has 4 aliphatic rings. The van der Waals surface area contributed by atoms with Gasteiger partial charge < -0.3 is 61.6 Å². The molecule has 6 aromatic rings. The summed E-state index contributed by atoms with van der Waals surface area (Å²) in [5, 5.41) is 36.8. The maximum Gasteiger partial charge on any atom is 0.418 e. The lowest BCUT2D eigenvalue weighted by Crippen LogP contribution is -2.37. The number of nitrogens with one attached hydrogen (secondary N) is 3. The number of hydrogen-bond donors (Lipinski definition) is 6. The number of rotatable bonds is 12. The lowest BCUT2D eigenvalue weighted by atomic mass is 10.0. The minimum absolute atomic E-state index is 0. The van der Waals surface area contributed by atoms with E-state index < -0.39 is 66.9 Å². The molecule has 0 amide bonds. The molecule has 4 aliphatic heterocycles. The molecule has 0 saturated carbocycles. The van der Waals surface area contributed by atoms with Gasteiger partial charge in [0.25, 0.3) is 11.4 Å². The average molecular weight is 1510 g/mol. The number of esters is 1. The number of anilines is 4. The van der Waals surface area contributed by atoms with Gasteiger partial charge in [0, 0.05) is 142 Å². The highest BCUT2D eigenvalue weighted by atomic mass is 35.5. The van der Waals surface area contributed by atoms with Crippen molar-refractivity contribution in [2.75, 3.05) is 109 Å². The SMILES string of the molecule is CN1CCC(N)CC1.CN1CCC(Nc2ccc(N)cc2C(F)(F)F)CC1.CN1CCC(Nc2ccc([N+](=O)[O-])cc2C(F)(F)F)CC1.CO.Cc1cc(CC(=O)Oc2ccccc2)ccc1NC1CCN(C)CC1.O=C(Cl)Oc1ccccc1.O=[N+]([O-])c1ccc(Cl)c(C(F)(F)F)c1.[2HH].[2H][2H].[2H][2H].[2H][2H].[2H][2H].[2H][2H].[2H][2H].[2H][2H].[2H][2H].[2H][2H].[2H][2H].[2H][2H].[2H][2H].[2H][2H].[2H][2H].[2H][2H].[2H][2H].[2H][2H]. The molecular weight excluding hydrogens is 1360 g/mol. The van der Waals surface area contributed by atoms with E-state index in [2.05, 4.69) is 73.4 Å². The number of nitrogens with two attached hydrogens (primary N) is 2. The van der Waals surface area contributed by atoms with E-state index in [4.69, 9.17) is 95.0 Å². The number of aryl methyl sites for hydroxylation is 1. The third-order valence-electron chi connectivity index (χ3n) is 15.9. The van der Waals surface area contributed by atoms with Crippen LogP contribution in [-0.2, 0) is 29.7 Å². The van der Waals surface area contributed by atoms with Gasteiger partial charge in [-0.05, 0) is 211 Å². The maximum atomic E-state index is 13.0. The lowest BCUT2D eigenvalue weighted by Gasteiger charge is -2.31. The first kappa shape index (κ1) is 59.8. The second-order valence-corrected chi connectivity index (χ2v) is 24.5. The Labute approximate surface area is 633 Å². The Morgan fingerprint density at radius 2 is 0.899 bits per heavy atom. The Bertz CT molecular complexity index is 3550. The van der Waals surface area contributed by atoms with Gasteiger partial charge in [0.1, 0.15) is 11.5 Å². The number of alkyl halides is 9. The summed E-state index contributed by atoms with van der Waals surface area (Å²) in [6, 6.07) is 33.9. The van der Waals surface area contributed by atoms with Gasteiger partial charge in [-0.25, -0.2) is 4.79 Å². The van der Waals surface area contributed by atoms with E-state index in [-0.39, 0.29) is 43.0 Å². The number of benzene rings is 6. The number of hydrogen-bond acceptors (Lipinski definition) is 18. The van der Waals surface area contributed by atoms with E-state index in [0.29, 0.717) is 35.7 Å². The number of ether oxygens (including phenoxy) is 2. The second kappa shape index (κ2) is 40.9. The number of aliphatic hydroxyl groups excluding tert-OH is 1. The molecule has 0 aromatic heterocycles. The number of nitrogen functional groups attached to an aromatic ring is 1. The van der Waals surface area contributed by atoms with Gasteiger partial charge in [-0.15, -0.1) is 0 Å². The van der Waals surface area contributed by atoms with Crippen LogP contribution in [-0.4, -0.2) is 158 Å². The van der Waals surface area contributed by atoms with Crippen LogP contribution in [0, 0.1) is 27.2 Å². The van der Waals surface area contributed by atoms with Crippen LogP contribution in [0.2, 0.25) is 5.02 Å². The fraction of sp³-hybridized carbons (Fsp3) is 0.441. The fourth-order valence-electron chi connectivity index (χ4n) is 10.3. The average Bonchev–Trinajstić information content (AvgIpc) is 0.813. The van der Waals surface area contributed by atoms with Crippen molar-refractivity contribution in [3.8, 4) is 11.5 Å². The molecule has 4 fully saturated rings. The monoisotopic (exact) mass is 1510 g/mol. The van der Waals surface area contributed by atoms with Crippen molar-refractivity contribution in [1.82, 2.24) is 19.6 Å². The predicted molar refractivity (Wildman–Crippen MR) is 406 cm³/mol. The van der Waals surface area contributed by atoms with Crippen LogP contribution >= 0.6 is 23.2 Å². The molecule has 99 heavy (non-hydrogen) atoms. The quantitative estimate of drug-likeness (QED) is 0.0127. The molecule has 0 unspecified atom stereocenters. The molecule has 0 bridgehead atoms. The van der Waals surface area contributed by atoms with Crippen LogP contribution in [0.3, 0.4) is 0 Å². The van der Waals surface area contributed by atoms with E-state index in [1.165, 1.54) is 56.5 Å². The van der Waals surface area contributed by atoms with E-state index in [0.717, 1.165) is 114 Å².